The van der Waals surface area contributed by atoms with E-state index in [1.54, 1.807) is 30.3 Å². The fraction of sp³-hybridized carbons (Fsp3) is 0.429. The molecule has 1 unspecified atom stereocenters. The second-order valence-corrected chi connectivity index (χ2v) is 18.4. The summed E-state index contributed by atoms with van der Waals surface area (Å²) in [4.78, 5) is 32.5. The van der Waals surface area contributed by atoms with E-state index in [1.165, 1.54) is 45.9 Å². The summed E-state index contributed by atoms with van der Waals surface area (Å²) in [5.74, 6) is -0.679. The molecule has 2 aromatic carbocycles. The number of phenols is 1. The number of nitrogens with zero attached hydrogens (tertiary/aromatic N) is 4. The van der Waals surface area contributed by atoms with E-state index < -0.39 is 17.7 Å². The number of ether oxygens (including phenoxy) is 1. The van der Waals surface area contributed by atoms with E-state index in [2.05, 4.69) is 43.3 Å². The average molecular weight is 831 g/mol. The molecular weight excluding hydrogens is 784 g/mol. The maximum Gasteiger partial charge on any atom is 0.349 e. The van der Waals surface area contributed by atoms with E-state index in [0.29, 0.717) is 49.7 Å². The number of nitrogens with one attached hydrogen (secondary N) is 2. The van der Waals surface area contributed by atoms with Gasteiger partial charge in [0.1, 0.15) is 17.4 Å². The van der Waals surface area contributed by atoms with Crippen LogP contribution in [0.2, 0.25) is 4.34 Å². The zero-order chi connectivity index (χ0) is 39.8. The van der Waals surface area contributed by atoms with Gasteiger partial charge in [0.25, 0.3) is 0 Å². The molecule has 2 aliphatic carbocycles. The van der Waals surface area contributed by atoms with Gasteiger partial charge in [-0.1, -0.05) is 22.9 Å². The number of hydrogen-bond acceptors (Lipinski definition) is 12. The van der Waals surface area contributed by atoms with Crippen LogP contribution in [-0.4, -0.2) is 78.4 Å². The molecule has 5 N–H and O–H groups in total. The zero-order valence-corrected chi connectivity index (χ0v) is 34.4. The molecular formula is C42H47ClN6O6S2. The third kappa shape index (κ3) is 8.01. The van der Waals surface area contributed by atoms with Gasteiger partial charge in [-0.2, -0.15) is 0 Å². The van der Waals surface area contributed by atoms with Crippen molar-refractivity contribution in [2.45, 2.75) is 95.2 Å². The Morgan fingerprint density at radius 2 is 1.86 bits per heavy atom. The number of rotatable bonds is 14. The highest BCUT2D eigenvalue weighted by atomic mass is 35.5. The second-order valence-electron chi connectivity index (χ2n) is 15.4. The number of esters is 1. The van der Waals surface area contributed by atoms with Gasteiger partial charge in [-0.25, -0.2) is 9.48 Å². The predicted octanol–water partition coefficient (Wildman–Crippen LogP) is 6.49. The Labute approximate surface area is 343 Å². The summed E-state index contributed by atoms with van der Waals surface area (Å²) in [5.41, 5.74) is 4.56. The van der Waals surface area contributed by atoms with Crippen molar-refractivity contribution >= 4 is 62.2 Å². The summed E-state index contributed by atoms with van der Waals surface area (Å²) in [6.07, 6.45) is 6.12. The molecule has 6 aromatic rings. The molecule has 300 valence electrons. The van der Waals surface area contributed by atoms with Crippen molar-refractivity contribution < 1.29 is 24.9 Å². The number of aromatic nitrogens is 4. The van der Waals surface area contributed by atoms with Crippen LogP contribution < -0.4 is 10.9 Å². The van der Waals surface area contributed by atoms with E-state index in [0.717, 1.165) is 85.9 Å². The molecule has 12 nitrogen and oxygen atoms in total. The number of halogens is 1. The lowest BCUT2D eigenvalue weighted by Crippen LogP contribution is -2.42. The van der Waals surface area contributed by atoms with Crippen LogP contribution in [0.1, 0.15) is 81.5 Å². The Kier molecular flexibility index (Phi) is 11.6. The van der Waals surface area contributed by atoms with Gasteiger partial charge in [0, 0.05) is 42.0 Å². The molecule has 1 saturated carbocycles. The van der Waals surface area contributed by atoms with Gasteiger partial charge in [-0.05, 0) is 137 Å². The van der Waals surface area contributed by atoms with Crippen LogP contribution in [0, 0.1) is 6.92 Å². The first kappa shape index (κ1) is 39.7. The Hall–Kier alpha value is -4.15. The number of pyridine rings is 1. The topological polar surface area (TPSA) is 166 Å². The minimum Gasteiger partial charge on any atom is -0.506 e. The van der Waals surface area contributed by atoms with Crippen LogP contribution in [0.25, 0.3) is 21.9 Å². The quantitative estimate of drug-likeness (QED) is 0.0767. The molecule has 0 bridgehead atoms. The summed E-state index contributed by atoms with van der Waals surface area (Å²) >= 11 is 8.78. The number of aryl methyl sites for hydroxylation is 3. The molecule has 2 aliphatic rings. The maximum absolute atomic E-state index is 13.6. The van der Waals surface area contributed by atoms with Crippen molar-refractivity contribution in [3.63, 3.8) is 0 Å². The van der Waals surface area contributed by atoms with Crippen LogP contribution in [0.3, 0.4) is 0 Å². The smallest absolute Gasteiger partial charge is 0.349 e. The number of carbonyl (C=O) groups excluding carboxylic acids is 1. The molecule has 8 rings (SSSR count). The van der Waals surface area contributed by atoms with Crippen molar-refractivity contribution in [3.05, 3.63) is 106 Å². The predicted molar refractivity (Wildman–Crippen MR) is 223 cm³/mol. The van der Waals surface area contributed by atoms with Gasteiger partial charge >= 0.3 is 5.97 Å². The molecule has 4 aromatic heterocycles. The number of thiophene rings is 2. The van der Waals surface area contributed by atoms with Crippen molar-refractivity contribution in [1.82, 2.24) is 30.2 Å². The number of aromatic hydroxyl groups is 1. The Balaban J connectivity index is 0.844. The third-order valence-electron chi connectivity index (χ3n) is 11.6. The maximum atomic E-state index is 13.6. The number of aromatic amines is 1. The first-order chi connectivity index (χ1) is 27.5. The van der Waals surface area contributed by atoms with Gasteiger partial charge < -0.3 is 35.3 Å². The first-order valence-corrected chi connectivity index (χ1v) is 21.6. The molecule has 0 amide bonds. The van der Waals surface area contributed by atoms with E-state index in [1.807, 2.05) is 13.0 Å². The highest BCUT2D eigenvalue weighted by molar-refractivity contribution is 7.17. The van der Waals surface area contributed by atoms with Crippen LogP contribution >= 0.6 is 34.3 Å². The molecule has 0 spiro atoms. The molecule has 1 fully saturated rings. The highest BCUT2D eigenvalue weighted by Gasteiger charge is 2.45. The van der Waals surface area contributed by atoms with Gasteiger partial charge in [0.15, 0.2) is 0 Å². The van der Waals surface area contributed by atoms with Gasteiger partial charge in [0.2, 0.25) is 11.2 Å². The summed E-state index contributed by atoms with van der Waals surface area (Å²) in [6.45, 7) is 4.46. The normalized spacial score (nSPS) is 18.6. The summed E-state index contributed by atoms with van der Waals surface area (Å²) < 4.78 is 8.57. The first-order valence-electron chi connectivity index (χ1n) is 19.6. The number of H-pyrrole nitrogens is 1. The number of benzene rings is 2. The van der Waals surface area contributed by atoms with Crippen molar-refractivity contribution in [1.29, 1.82) is 0 Å². The fourth-order valence-corrected chi connectivity index (χ4v) is 10.8. The van der Waals surface area contributed by atoms with Crippen LogP contribution in [0.5, 0.6) is 5.75 Å². The van der Waals surface area contributed by atoms with Gasteiger partial charge in [-0.3, -0.25) is 4.79 Å². The number of aliphatic hydroxyl groups is 2. The SMILES string of the molecule is Cc1ccc(C(O)(C(=O)O[C@H]2CC[C@H](N(C)CCCn3nnc4cc(CNC[C@H](O)c5ccc(O)c6[nH]c(=O)ccc56)c5c(c43)CCC5)CC2)c2ccc(Cl)s2)s1. The minimum atomic E-state index is -1.88. The lowest BCUT2D eigenvalue weighted by molar-refractivity contribution is -0.169. The third-order valence-corrected chi connectivity index (χ3v) is 14.1. The highest BCUT2D eigenvalue weighted by Crippen LogP contribution is 2.41. The number of hydrogen-bond donors (Lipinski definition) is 5. The Bertz CT molecular complexity index is 2430. The molecule has 0 saturated heterocycles. The number of carbonyl (C=O) groups is 1. The lowest BCUT2D eigenvalue weighted by atomic mass is 9.91. The average Bonchev–Trinajstić information content (AvgIpc) is 4.03. The van der Waals surface area contributed by atoms with Crippen LogP contribution in [0.15, 0.2) is 59.4 Å². The van der Waals surface area contributed by atoms with Crippen molar-refractivity contribution in [3.8, 4) is 5.75 Å². The molecule has 4 heterocycles. The van der Waals surface area contributed by atoms with E-state index >= 15 is 0 Å². The van der Waals surface area contributed by atoms with Crippen LogP contribution in [0.4, 0.5) is 0 Å². The fourth-order valence-electron chi connectivity index (χ4n) is 8.62. The number of phenolic OH excluding ortho intramolecular Hbond substituents is 1. The zero-order valence-electron chi connectivity index (χ0n) is 32.0. The minimum absolute atomic E-state index is 0.0343. The van der Waals surface area contributed by atoms with E-state index in [9.17, 15) is 24.9 Å². The van der Waals surface area contributed by atoms with Gasteiger partial charge in [0.05, 0.1) is 31.2 Å². The standard InChI is InChI=1S/C42H47ClN6O6S2/c1-24-7-15-35(56-24)42(54,36-16-17-37(43)57-36)41(53)55-27-10-8-26(9-11-27)48(2)19-4-20-49-40-31-6-3-5-28(31)25(21-32(40)46-47-49)22-44-23-34(51)29-12-14-33(50)39-30(29)13-18-38(52)45-39/h7,12-18,21,26-27,34,44,50-51,54H,3-6,8-11,19-20,22-23H2,1-2H3,(H,45,52)/t26-,27-,34-,42?/m0/s1. The summed E-state index contributed by atoms with van der Waals surface area (Å²) in [6, 6.07) is 15.8. The van der Waals surface area contributed by atoms with Crippen molar-refractivity contribution in [2.24, 2.45) is 0 Å². The Morgan fingerprint density at radius 1 is 1.09 bits per heavy atom. The van der Waals surface area contributed by atoms with E-state index in [-0.39, 0.29) is 17.4 Å². The second kappa shape index (κ2) is 16.6. The molecule has 57 heavy (non-hydrogen) atoms. The number of fused-ring (bicyclic) bond motifs is 4. The summed E-state index contributed by atoms with van der Waals surface area (Å²) in [7, 11) is 2.16. The Morgan fingerprint density at radius 3 is 2.61 bits per heavy atom. The van der Waals surface area contributed by atoms with E-state index in [4.69, 9.17) is 16.3 Å². The monoisotopic (exact) mass is 830 g/mol. The van der Waals surface area contributed by atoms with Crippen molar-refractivity contribution in [2.75, 3.05) is 20.1 Å². The van der Waals surface area contributed by atoms with Crippen LogP contribution in [-0.2, 0) is 41.1 Å². The molecule has 15 heteroatoms. The lowest BCUT2D eigenvalue weighted by Gasteiger charge is -2.35. The summed E-state index contributed by atoms with van der Waals surface area (Å²) in [5, 5.41) is 46.3. The molecule has 2 atom stereocenters. The molecule has 0 radical (unpaired) electrons. The van der Waals surface area contributed by atoms with Gasteiger partial charge in [-0.15, -0.1) is 27.8 Å². The largest absolute Gasteiger partial charge is 0.506 e. The number of aliphatic hydroxyl groups excluding tert-OH is 1. The molecule has 0 aliphatic heterocycles.